The molecule has 0 fully saturated rings. The number of nitro groups is 2. The van der Waals surface area contributed by atoms with Gasteiger partial charge in [0, 0.05) is 69.3 Å². The van der Waals surface area contributed by atoms with E-state index in [0.29, 0.717) is 0 Å². The molecule has 0 saturated heterocycles. The molecule has 0 saturated carbocycles. The molecule has 204 valence electrons. The van der Waals surface area contributed by atoms with Gasteiger partial charge >= 0.3 is 11.4 Å². The van der Waals surface area contributed by atoms with E-state index in [0.717, 1.165) is 44.8 Å². The van der Waals surface area contributed by atoms with Crippen molar-refractivity contribution in [3.8, 4) is 0 Å². The number of nitrogens with zero attached hydrogens (tertiary/aromatic N) is 2. The Balaban J connectivity index is 0.000000234. The summed E-state index contributed by atoms with van der Waals surface area (Å²) in [6.45, 7) is 0. The molecule has 4 aromatic carbocycles. The predicted molar refractivity (Wildman–Crippen MR) is 151 cm³/mol. The van der Waals surface area contributed by atoms with Gasteiger partial charge in [-0.05, 0) is 0 Å². The average molecular weight is 589 g/mol. The highest BCUT2D eigenvalue weighted by Crippen LogP contribution is 2.22. The van der Waals surface area contributed by atoms with Gasteiger partial charge in [0.05, 0.1) is 9.85 Å². The normalized spacial score (nSPS) is 10.3. The summed E-state index contributed by atoms with van der Waals surface area (Å²) >= 11 is 1.92. The van der Waals surface area contributed by atoms with Crippen molar-refractivity contribution < 1.29 is 27.4 Å². The number of rotatable bonds is 8. The molecule has 0 aliphatic heterocycles. The molecule has 39 heavy (non-hydrogen) atoms. The molecule has 0 heterocycles. The lowest BCUT2D eigenvalue weighted by atomic mass is 10.2. The van der Waals surface area contributed by atoms with E-state index in [-0.39, 0.29) is 21.2 Å². The van der Waals surface area contributed by atoms with Crippen LogP contribution in [-0.2, 0) is 45.4 Å². The Morgan fingerprint density at radius 2 is 0.821 bits per heavy atom. The Hall–Kier alpha value is -3.75. The van der Waals surface area contributed by atoms with Crippen molar-refractivity contribution in [2.75, 3.05) is 0 Å². The second-order valence-electron chi connectivity index (χ2n) is 7.50. The lowest BCUT2D eigenvalue weighted by Crippen LogP contribution is -1.95. The molecule has 0 atom stereocenters. The molecule has 0 amide bonds. The zero-order valence-electron chi connectivity index (χ0n) is 20.3. The maximum Gasteiger partial charge on any atom is 0.323 e. The van der Waals surface area contributed by atoms with Gasteiger partial charge in [-0.2, -0.15) is 0 Å². The third-order valence-corrected chi connectivity index (χ3v) is 7.19. The van der Waals surface area contributed by atoms with Crippen molar-refractivity contribution in [3.05, 3.63) is 141 Å². The van der Waals surface area contributed by atoms with Crippen molar-refractivity contribution in [2.24, 2.45) is 0 Å². The fourth-order valence-electron chi connectivity index (χ4n) is 3.02. The number of nitro benzene ring substituents is 2. The van der Waals surface area contributed by atoms with E-state index in [1.165, 1.54) is 11.1 Å². The Morgan fingerprint density at radius 3 is 1.13 bits per heavy atom. The Kier molecular flexibility index (Phi) is 13.1. The van der Waals surface area contributed by atoms with Crippen molar-refractivity contribution in [3.63, 3.8) is 0 Å². The Morgan fingerprint density at radius 1 is 0.538 bits per heavy atom. The molecule has 4 rings (SSSR count). The van der Waals surface area contributed by atoms with Crippen molar-refractivity contribution in [1.82, 2.24) is 0 Å². The Bertz CT molecular complexity index is 1350. The summed E-state index contributed by atoms with van der Waals surface area (Å²) in [7, 11) is -5.17. The topological polar surface area (TPSA) is 167 Å². The van der Waals surface area contributed by atoms with Crippen molar-refractivity contribution in [2.45, 2.75) is 21.3 Å². The number of hydrogen-bond acceptors (Lipinski definition) is 8. The molecule has 0 aliphatic rings. The van der Waals surface area contributed by atoms with Gasteiger partial charge in [0.25, 0.3) is 0 Å². The monoisotopic (exact) mass is 588 g/mol. The zero-order valence-corrected chi connectivity index (χ0v) is 22.9. The van der Waals surface area contributed by atoms with Crippen LogP contribution in [0, 0.1) is 20.2 Å². The quantitative estimate of drug-likeness (QED) is 0.0719. The first kappa shape index (κ1) is 31.5. The lowest BCUT2D eigenvalue weighted by molar-refractivity contribution is -0.387. The van der Waals surface area contributed by atoms with Crippen LogP contribution in [-0.4, -0.2) is 27.4 Å². The van der Waals surface area contributed by atoms with E-state index in [2.05, 4.69) is 0 Å². The summed E-state index contributed by atoms with van der Waals surface area (Å²) in [4.78, 5) is 22.5. The van der Waals surface area contributed by atoms with E-state index < -0.39 is 10.4 Å². The standard InChI is InChI=1S/2C13H11NO2S.H2O4S/c2*15-14(16)12-8-4-5-9-13(12)17-10-11-6-2-1-3-7-11;1-5(2,3)4/h2*1-9H,10H2;(H2,1,2,3,4). The molecule has 0 N–H and O–H groups in total. The van der Waals surface area contributed by atoms with Crippen LogP contribution < -0.4 is 0 Å². The van der Waals surface area contributed by atoms with Gasteiger partial charge < -0.3 is 9.11 Å². The van der Waals surface area contributed by atoms with E-state index >= 15 is 0 Å². The molecule has 0 aliphatic carbocycles. The highest BCUT2D eigenvalue weighted by molar-refractivity contribution is 7.79. The molecule has 0 spiro atoms. The molecular formula is C26H24N2O8S3. The molecule has 0 aromatic heterocycles. The summed E-state index contributed by atoms with van der Waals surface area (Å²) in [5.74, 6) is 1.59. The van der Waals surface area contributed by atoms with E-state index in [9.17, 15) is 20.2 Å². The second-order valence-corrected chi connectivity index (χ2v) is 10.5. The van der Waals surface area contributed by atoms with Crippen molar-refractivity contribution >= 4 is 45.3 Å². The second kappa shape index (κ2) is 16.3. The minimum absolute atomic E-state index is 0.199. The minimum atomic E-state index is -5.17. The summed E-state index contributed by atoms with van der Waals surface area (Å²) in [6.07, 6.45) is 0. The maximum atomic E-state index is 10.8. The Labute approximate surface area is 234 Å². The fraction of sp³-hybridized carbons (Fsp3) is 0.0769. The van der Waals surface area contributed by atoms with Gasteiger partial charge in [-0.3, -0.25) is 28.6 Å². The molecule has 0 bridgehead atoms. The van der Waals surface area contributed by atoms with Crippen molar-refractivity contribution in [1.29, 1.82) is 0 Å². The van der Waals surface area contributed by atoms with Gasteiger partial charge in [0.1, 0.15) is 11.5 Å². The van der Waals surface area contributed by atoms with Crippen LogP contribution in [0.25, 0.3) is 0 Å². The van der Waals surface area contributed by atoms with Crippen LogP contribution in [0.3, 0.4) is 0 Å². The summed E-state index contributed by atoms with van der Waals surface area (Å²) < 4.78 is 34.1. The minimum Gasteiger partial charge on any atom is -0.759 e. The highest BCUT2D eigenvalue weighted by Gasteiger charge is 2.20. The van der Waals surface area contributed by atoms with Crippen LogP contribution in [0.5, 0.6) is 0 Å². The molecule has 10 nitrogen and oxygen atoms in total. The van der Waals surface area contributed by atoms with Gasteiger partial charge in [-0.1, -0.05) is 84.9 Å². The van der Waals surface area contributed by atoms with Gasteiger partial charge in [-0.25, -0.2) is 0 Å². The smallest absolute Gasteiger partial charge is 0.323 e. The van der Waals surface area contributed by atoms with E-state index in [4.69, 9.17) is 17.5 Å². The van der Waals surface area contributed by atoms with Crippen LogP contribution >= 0.6 is 0 Å². The van der Waals surface area contributed by atoms with Gasteiger partial charge in [0.2, 0.25) is 9.79 Å². The van der Waals surface area contributed by atoms with E-state index in [1.807, 2.05) is 84.9 Å². The summed E-state index contributed by atoms with van der Waals surface area (Å²) in [6, 6.07) is 33.7. The first-order chi connectivity index (χ1) is 18.5. The van der Waals surface area contributed by atoms with Crippen LogP contribution in [0.1, 0.15) is 11.1 Å². The zero-order chi connectivity index (χ0) is 28.7. The van der Waals surface area contributed by atoms with Gasteiger partial charge in [0.15, 0.2) is 0 Å². The first-order valence-corrected chi connectivity index (χ1v) is 14.6. The molecule has 13 heteroatoms. The molecule has 0 unspecified atom stereocenters. The maximum absolute atomic E-state index is 10.8. The summed E-state index contributed by atoms with van der Waals surface area (Å²) in [5.41, 5.74) is 2.77. The summed E-state index contributed by atoms with van der Waals surface area (Å²) in [5, 5.41) is 21.7. The number of hydrogen-bond donors (Lipinski definition) is 0. The van der Waals surface area contributed by atoms with Crippen LogP contribution in [0.4, 0.5) is 11.4 Å². The number of benzene rings is 4. The SMILES string of the molecule is O=S(=O)([O-])[O-].O=[N+]([O-])c1ccccc1[SH+]Cc1ccccc1.O=[N+]([O-])c1ccccc1[SH+]Cc1ccccc1. The molecular weight excluding hydrogens is 564 g/mol. The lowest BCUT2D eigenvalue weighted by Gasteiger charge is -2.06. The highest BCUT2D eigenvalue weighted by atomic mass is 32.3. The number of thiol groups is 2. The van der Waals surface area contributed by atoms with E-state index in [1.54, 1.807) is 24.3 Å². The molecule has 0 radical (unpaired) electrons. The third-order valence-electron chi connectivity index (χ3n) is 4.71. The largest absolute Gasteiger partial charge is 0.759 e. The molecule has 4 aromatic rings. The number of para-hydroxylation sites is 2. The predicted octanol–water partition coefficient (Wildman–Crippen LogP) is 4.60. The first-order valence-electron chi connectivity index (χ1n) is 11.1. The van der Waals surface area contributed by atoms with Gasteiger partial charge in [-0.15, -0.1) is 0 Å². The third kappa shape index (κ3) is 13.0. The fourth-order valence-corrected chi connectivity index (χ4v) is 5.17. The average Bonchev–Trinajstić information content (AvgIpc) is 2.91. The van der Waals surface area contributed by atoms with Crippen LogP contribution in [0.15, 0.2) is 119 Å². The van der Waals surface area contributed by atoms with Crippen LogP contribution in [0.2, 0.25) is 0 Å².